The van der Waals surface area contributed by atoms with Crippen LogP contribution in [0.2, 0.25) is 0 Å². The van der Waals surface area contributed by atoms with E-state index in [0.29, 0.717) is 22.1 Å². The van der Waals surface area contributed by atoms with E-state index in [-0.39, 0.29) is 11.5 Å². The Morgan fingerprint density at radius 1 is 1.08 bits per heavy atom. The Bertz CT molecular complexity index is 967. The molecule has 2 aromatic carbocycles. The molecule has 0 atom stereocenters. The number of anilines is 2. The number of carbonyl (C=O) groups excluding carboxylic acids is 2. The summed E-state index contributed by atoms with van der Waals surface area (Å²) in [5.74, 6) is -0.966. The summed E-state index contributed by atoms with van der Waals surface area (Å²) in [5, 5.41) is 7.62. The van der Waals surface area contributed by atoms with Crippen LogP contribution in [0.5, 0.6) is 0 Å². The summed E-state index contributed by atoms with van der Waals surface area (Å²) in [7, 11) is 0. The van der Waals surface area contributed by atoms with Crippen molar-refractivity contribution < 1.29 is 14.0 Å². The maximum Gasteiger partial charge on any atom is 0.257 e. The fraction of sp³-hybridized carbons (Fsp3) is 0.105. The molecule has 2 amide bonds. The number of aryl methyl sites for hydroxylation is 1. The maximum atomic E-state index is 13.6. The quantitative estimate of drug-likeness (QED) is 0.713. The second kappa shape index (κ2) is 7.45. The average Bonchev–Trinajstić information content (AvgIpc) is 3.06. The second-order valence-corrected chi connectivity index (χ2v) is 6.57. The highest BCUT2D eigenvalue weighted by atomic mass is 32.1. The van der Waals surface area contributed by atoms with Crippen molar-refractivity contribution in [2.24, 2.45) is 0 Å². The van der Waals surface area contributed by atoms with Gasteiger partial charge in [-0.3, -0.25) is 14.9 Å². The Morgan fingerprint density at radius 2 is 1.81 bits per heavy atom. The predicted molar refractivity (Wildman–Crippen MR) is 101 cm³/mol. The van der Waals surface area contributed by atoms with Crippen molar-refractivity contribution in [2.45, 2.75) is 13.8 Å². The molecule has 3 aromatic rings. The van der Waals surface area contributed by atoms with E-state index >= 15 is 0 Å². The Hall–Kier alpha value is -3.06. The minimum atomic E-state index is -0.420. The van der Waals surface area contributed by atoms with Crippen LogP contribution in [0.25, 0.3) is 11.3 Å². The first kappa shape index (κ1) is 17.8. The first-order valence-corrected chi connectivity index (χ1v) is 8.71. The standard InChI is InChI=1S/C19H16FN3O2S/c1-11-3-4-14(9-16(11)20)18(25)23-19-22-17(10-26-19)13-5-7-15(8-6-13)21-12(2)24/h3-10H,1-2H3,(H,21,24)(H,22,23,25). The molecule has 0 saturated carbocycles. The minimum absolute atomic E-state index is 0.135. The molecule has 0 aliphatic heterocycles. The Labute approximate surface area is 153 Å². The summed E-state index contributed by atoms with van der Waals surface area (Å²) >= 11 is 1.28. The van der Waals surface area contributed by atoms with Crippen LogP contribution in [0.3, 0.4) is 0 Å². The third-order valence-electron chi connectivity index (χ3n) is 3.66. The summed E-state index contributed by atoms with van der Waals surface area (Å²) in [6.45, 7) is 3.09. The number of nitrogens with one attached hydrogen (secondary N) is 2. The van der Waals surface area contributed by atoms with Crippen LogP contribution in [0, 0.1) is 12.7 Å². The molecule has 0 radical (unpaired) electrons. The van der Waals surface area contributed by atoms with Crippen molar-refractivity contribution in [2.75, 3.05) is 10.6 Å². The van der Waals surface area contributed by atoms with E-state index in [9.17, 15) is 14.0 Å². The number of rotatable bonds is 4. The molecular weight excluding hydrogens is 353 g/mol. The van der Waals surface area contributed by atoms with Gasteiger partial charge < -0.3 is 5.32 Å². The highest BCUT2D eigenvalue weighted by molar-refractivity contribution is 7.14. The third-order valence-corrected chi connectivity index (χ3v) is 4.42. The summed E-state index contributed by atoms with van der Waals surface area (Å²) in [6.07, 6.45) is 0. The van der Waals surface area contributed by atoms with E-state index in [1.807, 2.05) is 17.5 Å². The molecule has 1 heterocycles. The fourth-order valence-electron chi connectivity index (χ4n) is 2.29. The van der Waals surface area contributed by atoms with Gasteiger partial charge in [-0.15, -0.1) is 11.3 Å². The summed E-state index contributed by atoms with van der Waals surface area (Å²) in [5.41, 5.74) is 2.99. The molecule has 0 aliphatic rings. The molecule has 0 spiro atoms. The Kier molecular flexibility index (Phi) is 5.09. The molecule has 0 unspecified atom stereocenters. The van der Waals surface area contributed by atoms with Gasteiger partial charge in [0.1, 0.15) is 5.82 Å². The molecule has 0 bridgehead atoms. The summed E-state index contributed by atoms with van der Waals surface area (Å²) in [6, 6.07) is 11.6. The normalized spacial score (nSPS) is 10.4. The fourth-order valence-corrected chi connectivity index (χ4v) is 3.01. The molecule has 5 nitrogen and oxygen atoms in total. The zero-order valence-electron chi connectivity index (χ0n) is 14.2. The van der Waals surface area contributed by atoms with Crippen molar-refractivity contribution in [1.82, 2.24) is 4.98 Å². The number of nitrogens with zero attached hydrogens (tertiary/aromatic N) is 1. The lowest BCUT2D eigenvalue weighted by Crippen LogP contribution is -2.12. The number of hydrogen-bond acceptors (Lipinski definition) is 4. The molecule has 0 saturated heterocycles. The van der Waals surface area contributed by atoms with Crippen LogP contribution >= 0.6 is 11.3 Å². The lowest BCUT2D eigenvalue weighted by molar-refractivity contribution is -0.114. The molecule has 132 valence electrons. The zero-order chi connectivity index (χ0) is 18.7. The molecule has 0 aliphatic carbocycles. The van der Waals surface area contributed by atoms with Gasteiger partial charge in [-0.05, 0) is 36.8 Å². The second-order valence-electron chi connectivity index (χ2n) is 5.71. The number of thiazole rings is 1. The van der Waals surface area contributed by atoms with E-state index < -0.39 is 11.7 Å². The minimum Gasteiger partial charge on any atom is -0.326 e. The van der Waals surface area contributed by atoms with Crippen LogP contribution in [0.1, 0.15) is 22.8 Å². The molecule has 3 rings (SSSR count). The number of hydrogen-bond donors (Lipinski definition) is 2. The van der Waals surface area contributed by atoms with Crippen molar-refractivity contribution >= 4 is 34.0 Å². The summed E-state index contributed by atoms with van der Waals surface area (Å²) < 4.78 is 13.6. The lowest BCUT2D eigenvalue weighted by atomic mass is 10.1. The van der Waals surface area contributed by atoms with E-state index in [4.69, 9.17) is 0 Å². The van der Waals surface area contributed by atoms with Crippen LogP contribution in [0.15, 0.2) is 47.8 Å². The molecule has 2 N–H and O–H groups in total. The first-order chi connectivity index (χ1) is 12.4. The van der Waals surface area contributed by atoms with Gasteiger partial charge in [0, 0.05) is 29.1 Å². The van der Waals surface area contributed by atoms with Gasteiger partial charge in [0.15, 0.2) is 5.13 Å². The molecule has 26 heavy (non-hydrogen) atoms. The van der Waals surface area contributed by atoms with Crippen LogP contribution < -0.4 is 10.6 Å². The van der Waals surface area contributed by atoms with Gasteiger partial charge in [0.2, 0.25) is 5.91 Å². The monoisotopic (exact) mass is 369 g/mol. The Morgan fingerprint density at radius 3 is 2.46 bits per heavy atom. The number of aromatic nitrogens is 1. The molecule has 0 fully saturated rings. The molecule has 1 aromatic heterocycles. The van der Waals surface area contributed by atoms with Crippen molar-refractivity contribution in [1.29, 1.82) is 0 Å². The van der Waals surface area contributed by atoms with Gasteiger partial charge >= 0.3 is 0 Å². The van der Waals surface area contributed by atoms with Crippen molar-refractivity contribution in [3.05, 3.63) is 64.8 Å². The number of amides is 2. The number of halogens is 1. The van der Waals surface area contributed by atoms with Gasteiger partial charge in [-0.2, -0.15) is 0 Å². The van der Waals surface area contributed by atoms with E-state index in [1.165, 1.54) is 24.3 Å². The highest BCUT2D eigenvalue weighted by Gasteiger charge is 2.11. The smallest absolute Gasteiger partial charge is 0.257 e. The van der Waals surface area contributed by atoms with Gasteiger partial charge in [0.05, 0.1) is 5.69 Å². The number of carbonyl (C=O) groups is 2. The first-order valence-electron chi connectivity index (χ1n) is 7.83. The molecular formula is C19H16FN3O2S. The zero-order valence-corrected chi connectivity index (χ0v) is 15.0. The molecule has 7 heteroatoms. The lowest BCUT2D eigenvalue weighted by Gasteiger charge is -2.04. The van der Waals surface area contributed by atoms with Crippen molar-refractivity contribution in [3.63, 3.8) is 0 Å². The van der Waals surface area contributed by atoms with E-state index in [2.05, 4.69) is 15.6 Å². The number of benzene rings is 2. The predicted octanol–water partition coefficient (Wildman–Crippen LogP) is 4.47. The largest absolute Gasteiger partial charge is 0.326 e. The topological polar surface area (TPSA) is 71.1 Å². The van der Waals surface area contributed by atoms with E-state index in [0.717, 1.165) is 5.56 Å². The van der Waals surface area contributed by atoms with Gasteiger partial charge in [-0.1, -0.05) is 18.2 Å². The third kappa shape index (κ3) is 4.12. The van der Waals surface area contributed by atoms with Gasteiger partial charge in [-0.25, -0.2) is 9.37 Å². The van der Waals surface area contributed by atoms with E-state index in [1.54, 1.807) is 31.2 Å². The highest BCUT2D eigenvalue weighted by Crippen LogP contribution is 2.26. The van der Waals surface area contributed by atoms with Gasteiger partial charge in [0.25, 0.3) is 5.91 Å². The van der Waals surface area contributed by atoms with Crippen molar-refractivity contribution in [3.8, 4) is 11.3 Å². The Balaban J connectivity index is 1.72. The average molecular weight is 369 g/mol. The maximum absolute atomic E-state index is 13.6. The van der Waals surface area contributed by atoms with Crippen LogP contribution in [-0.4, -0.2) is 16.8 Å². The van der Waals surface area contributed by atoms with Crippen LogP contribution in [0.4, 0.5) is 15.2 Å². The summed E-state index contributed by atoms with van der Waals surface area (Å²) in [4.78, 5) is 27.6. The van der Waals surface area contributed by atoms with Crippen LogP contribution in [-0.2, 0) is 4.79 Å². The SMILES string of the molecule is CC(=O)Nc1ccc(-c2csc(NC(=O)c3ccc(C)c(F)c3)n2)cc1.